The van der Waals surface area contributed by atoms with E-state index >= 15 is 0 Å². The quantitative estimate of drug-likeness (QED) is 0.161. The molecular formula is C31H25Cl2N5O3. The van der Waals surface area contributed by atoms with E-state index in [2.05, 4.69) is 20.7 Å². The van der Waals surface area contributed by atoms with Crippen LogP contribution < -0.4 is 25.2 Å². The molecule has 3 aromatic carbocycles. The Morgan fingerprint density at radius 2 is 1.27 bits per heavy atom. The fourth-order valence-electron chi connectivity index (χ4n) is 3.82. The standard InChI is InChI=1S/C31H25Cl2N5O3/c32-29-12-10-24(16-22(29)20-40-27-8-4-14-34-18-27)36-31(39)38(26-6-2-1-3-7-26)37-25-11-13-30(33)23(17-25)21-41-28-9-5-15-35-19-28/h1-19,37H,20-21H2,(H,36,39). The van der Waals surface area contributed by atoms with Crippen LogP contribution in [0, 0.1) is 0 Å². The average molecular weight is 586 g/mol. The molecule has 10 heteroatoms. The Kier molecular flexibility index (Phi) is 9.15. The first-order valence-electron chi connectivity index (χ1n) is 12.6. The second-order valence-electron chi connectivity index (χ2n) is 8.78. The molecule has 8 nitrogen and oxygen atoms in total. The van der Waals surface area contributed by atoms with E-state index < -0.39 is 6.03 Å². The van der Waals surface area contributed by atoms with Crippen molar-refractivity contribution in [2.75, 3.05) is 15.8 Å². The van der Waals surface area contributed by atoms with Crippen LogP contribution in [0.1, 0.15) is 11.1 Å². The van der Waals surface area contributed by atoms with Crippen LogP contribution in [0.5, 0.6) is 11.5 Å². The lowest BCUT2D eigenvalue weighted by Crippen LogP contribution is -2.39. The number of benzene rings is 3. The number of ether oxygens (including phenoxy) is 2. The summed E-state index contributed by atoms with van der Waals surface area (Å²) in [4.78, 5) is 21.7. The van der Waals surface area contributed by atoms with Gasteiger partial charge in [0, 0.05) is 39.3 Å². The van der Waals surface area contributed by atoms with Crippen molar-refractivity contribution in [1.29, 1.82) is 0 Å². The predicted octanol–water partition coefficient (Wildman–Crippen LogP) is 8.01. The number of halogens is 2. The van der Waals surface area contributed by atoms with Crippen LogP contribution >= 0.6 is 23.2 Å². The van der Waals surface area contributed by atoms with Crippen molar-refractivity contribution < 1.29 is 14.3 Å². The minimum Gasteiger partial charge on any atom is -0.487 e. The smallest absolute Gasteiger partial charge is 0.345 e. The van der Waals surface area contributed by atoms with Crippen LogP contribution in [0.4, 0.5) is 21.9 Å². The third kappa shape index (κ3) is 7.66. The number of hydrogen-bond donors (Lipinski definition) is 2. The number of rotatable bonds is 10. The summed E-state index contributed by atoms with van der Waals surface area (Å²) in [6.07, 6.45) is 6.60. The van der Waals surface area contributed by atoms with Gasteiger partial charge in [0.1, 0.15) is 24.7 Å². The number of para-hydroxylation sites is 1. The molecule has 2 heterocycles. The molecule has 5 rings (SSSR count). The van der Waals surface area contributed by atoms with Gasteiger partial charge < -0.3 is 14.8 Å². The number of amides is 2. The van der Waals surface area contributed by atoms with Crippen LogP contribution in [-0.2, 0) is 13.2 Å². The van der Waals surface area contributed by atoms with Crippen molar-refractivity contribution in [3.8, 4) is 11.5 Å². The summed E-state index contributed by atoms with van der Waals surface area (Å²) >= 11 is 12.8. The number of carbonyl (C=O) groups excluding carboxylic acids is 1. The SMILES string of the molecule is O=C(Nc1ccc(Cl)c(COc2cccnc2)c1)N(Nc1ccc(Cl)c(COc2cccnc2)c1)c1ccccc1. The van der Waals surface area contributed by atoms with E-state index in [1.165, 1.54) is 5.01 Å². The number of nitrogens with zero attached hydrogens (tertiary/aromatic N) is 3. The van der Waals surface area contributed by atoms with Crippen LogP contribution in [0.3, 0.4) is 0 Å². The van der Waals surface area contributed by atoms with E-state index in [4.69, 9.17) is 32.7 Å². The highest BCUT2D eigenvalue weighted by Crippen LogP contribution is 2.26. The van der Waals surface area contributed by atoms with E-state index in [1.54, 1.807) is 67.3 Å². The largest absolute Gasteiger partial charge is 0.487 e. The molecular weight excluding hydrogens is 561 g/mol. The third-order valence-electron chi connectivity index (χ3n) is 5.86. The summed E-state index contributed by atoms with van der Waals surface area (Å²) in [6.45, 7) is 0.440. The van der Waals surface area contributed by atoms with Crippen LogP contribution in [0.15, 0.2) is 116 Å². The lowest BCUT2D eigenvalue weighted by atomic mass is 10.2. The topological polar surface area (TPSA) is 88.6 Å². The first-order valence-corrected chi connectivity index (χ1v) is 13.4. The molecule has 0 aliphatic heterocycles. The van der Waals surface area contributed by atoms with Crippen molar-refractivity contribution in [2.45, 2.75) is 13.2 Å². The number of carbonyl (C=O) groups is 1. The number of urea groups is 1. The Bertz CT molecular complexity index is 1590. The van der Waals surface area contributed by atoms with Gasteiger partial charge in [0.25, 0.3) is 0 Å². The minimum absolute atomic E-state index is 0.212. The zero-order chi connectivity index (χ0) is 28.4. The maximum atomic E-state index is 13.6. The zero-order valence-electron chi connectivity index (χ0n) is 21.7. The monoisotopic (exact) mass is 585 g/mol. The Morgan fingerprint density at radius 3 is 1.83 bits per heavy atom. The van der Waals surface area contributed by atoms with Gasteiger partial charge in [-0.25, -0.2) is 9.80 Å². The average Bonchev–Trinajstić information content (AvgIpc) is 3.01. The fraction of sp³-hybridized carbons (Fsp3) is 0.0645. The van der Waals surface area contributed by atoms with Crippen molar-refractivity contribution in [1.82, 2.24) is 9.97 Å². The number of hydrogen-bond acceptors (Lipinski definition) is 6. The molecule has 0 saturated heterocycles. The summed E-state index contributed by atoms with van der Waals surface area (Å²) < 4.78 is 11.6. The molecule has 2 N–H and O–H groups in total. The number of anilines is 3. The summed E-state index contributed by atoms with van der Waals surface area (Å²) in [7, 11) is 0. The van der Waals surface area contributed by atoms with Gasteiger partial charge >= 0.3 is 6.03 Å². The van der Waals surface area contributed by atoms with Gasteiger partial charge in [0.05, 0.1) is 23.8 Å². The molecule has 2 amide bonds. The molecule has 0 atom stereocenters. The van der Waals surface area contributed by atoms with Gasteiger partial charge in [-0.15, -0.1) is 0 Å². The van der Waals surface area contributed by atoms with Crippen molar-refractivity contribution in [3.63, 3.8) is 0 Å². The van der Waals surface area contributed by atoms with Gasteiger partial charge in [-0.3, -0.25) is 15.4 Å². The van der Waals surface area contributed by atoms with Gasteiger partial charge in [-0.1, -0.05) is 41.4 Å². The summed E-state index contributed by atoms with van der Waals surface area (Å²) in [5, 5.41) is 5.41. The molecule has 206 valence electrons. The minimum atomic E-state index is -0.416. The Labute approximate surface area is 247 Å². The van der Waals surface area contributed by atoms with Gasteiger partial charge in [0.2, 0.25) is 0 Å². The fourth-order valence-corrected chi connectivity index (χ4v) is 4.17. The van der Waals surface area contributed by atoms with E-state index in [1.807, 2.05) is 48.5 Å². The second kappa shape index (κ2) is 13.5. The highest BCUT2D eigenvalue weighted by molar-refractivity contribution is 6.31. The molecule has 0 fully saturated rings. The maximum Gasteiger partial charge on any atom is 0.345 e. The van der Waals surface area contributed by atoms with Gasteiger partial charge in [0.15, 0.2) is 0 Å². The van der Waals surface area contributed by atoms with E-state index in [0.717, 1.165) is 5.56 Å². The van der Waals surface area contributed by atoms with E-state index in [0.29, 0.717) is 44.2 Å². The highest BCUT2D eigenvalue weighted by Gasteiger charge is 2.18. The summed E-state index contributed by atoms with van der Waals surface area (Å²) in [5.41, 5.74) is 6.46. The van der Waals surface area contributed by atoms with Crippen molar-refractivity contribution in [3.05, 3.63) is 137 Å². The maximum absolute atomic E-state index is 13.6. The highest BCUT2D eigenvalue weighted by atomic mass is 35.5. The second-order valence-corrected chi connectivity index (χ2v) is 9.59. The molecule has 0 unspecified atom stereocenters. The molecule has 5 aromatic rings. The summed E-state index contributed by atoms with van der Waals surface area (Å²) in [5.74, 6) is 1.24. The van der Waals surface area contributed by atoms with E-state index in [9.17, 15) is 4.79 Å². The van der Waals surface area contributed by atoms with Gasteiger partial charge in [-0.05, 0) is 72.8 Å². The molecule has 41 heavy (non-hydrogen) atoms. The molecule has 0 aliphatic carbocycles. The number of nitrogens with one attached hydrogen (secondary N) is 2. The molecule has 0 bridgehead atoms. The van der Waals surface area contributed by atoms with Crippen LogP contribution in [0.25, 0.3) is 0 Å². The lowest BCUT2D eigenvalue weighted by molar-refractivity contribution is 0.258. The molecule has 2 aromatic heterocycles. The molecule has 0 spiro atoms. The van der Waals surface area contributed by atoms with Crippen LogP contribution in [0.2, 0.25) is 10.0 Å². The molecule has 0 radical (unpaired) electrons. The Balaban J connectivity index is 1.32. The van der Waals surface area contributed by atoms with Crippen molar-refractivity contribution in [2.24, 2.45) is 0 Å². The molecule has 0 aliphatic rings. The Morgan fingerprint density at radius 1 is 0.707 bits per heavy atom. The predicted molar refractivity (Wildman–Crippen MR) is 162 cm³/mol. The molecule has 0 saturated carbocycles. The van der Waals surface area contributed by atoms with E-state index in [-0.39, 0.29) is 13.2 Å². The van der Waals surface area contributed by atoms with Crippen molar-refractivity contribution >= 4 is 46.3 Å². The third-order valence-corrected chi connectivity index (χ3v) is 6.60. The first-order chi connectivity index (χ1) is 20.0. The normalized spacial score (nSPS) is 10.5. The number of aromatic nitrogens is 2. The van der Waals surface area contributed by atoms with Gasteiger partial charge in [-0.2, -0.15) is 0 Å². The Hall–Kier alpha value is -4.79. The first kappa shape index (κ1) is 27.8. The summed E-state index contributed by atoms with van der Waals surface area (Å²) in [6, 6.07) is 26.6. The number of hydrazine groups is 1. The lowest BCUT2D eigenvalue weighted by Gasteiger charge is -2.25. The number of pyridine rings is 2. The zero-order valence-corrected chi connectivity index (χ0v) is 23.2. The van der Waals surface area contributed by atoms with Crippen LogP contribution in [-0.4, -0.2) is 16.0 Å².